The lowest BCUT2D eigenvalue weighted by Gasteiger charge is -2.13. The molecule has 1 N–H and O–H groups in total. The van der Waals surface area contributed by atoms with Gasteiger partial charge in [0.15, 0.2) is 0 Å². The molecule has 0 saturated carbocycles. The molecule has 0 radical (unpaired) electrons. The first kappa shape index (κ1) is 14.0. The van der Waals surface area contributed by atoms with Crippen molar-refractivity contribution < 1.29 is 8.42 Å². The molecule has 5 heteroatoms. The second-order valence-corrected chi connectivity index (χ2v) is 5.91. The van der Waals surface area contributed by atoms with Crippen LogP contribution in [0, 0.1) is 0 Å². The van der Waals surface area contributed by atoms with Crippen molar-refractivity contribution in [2.75, 3.05) is 25.5 Å². The molecule has 0 aliphatic carbocycles. The fraction of sp³-hybridized carbons (Fsp3) is 0.500. The minimum atomic E-state index is -3.34. The maximum Gasteiger partial charge on any atom is 0.240 e. The molecular weight excluding hydrogens is 236 g/mol. The van der Waals surface area contributed by atoms with Gasteiger partial charge in [-0.3, -0.25) is 0 Å². The van der Waals surface area contributed by atoms with E-state index < -0.39 is 10.0 Å². The van der Waals surface area contributed by atoms with Crippen LogP contribution in [0.15, 0.2) is 29.2 Å². The Morgan fingerprint density at radius 2 is 1.76 bits per heavy atom. The average Bonchev–Trinajstić information content (AvgIpc) is 2.29. The number of benzene rings is 1. The van der Waals surface area contributed by atoms with Gasteiger partial charge in [-0.25, -0.2) is 13.1 Å². The highest BCUT2D eigenvalue weighted by Crippen LogP contribution is 2.15. The number of hydrogen-bond donors (Lipinski definition) is 1. The number of unbranched alkanes of at least 4 members (excludes halogenated alkanes) is 1. The summed E-state index contributed by atoms with van der Waals surface area (Å²) in [5, 5.41) is 0. The molecule has 0 fully saturated rings. The summed E-state index contributed by atoms with van der Waals surface area (Å²) in [6.45, 7) is 2.52. The Hall–Kier alpha value is -1.07. The minimum Gasteiger partial charge on any atom is -0.378 e. The molecule has 0 aliphatic rings. The highest BCUT2D eigenvalue weighted by atomic mass is 32.2. The number of anilines is 1. The topological polar surface area (TPSA) is 49.4 Å². The Balaban J connectivity index is 2.78. The molecule has 0 unspecified atom stereocenters. The zero-order valence-electron chi connectivity index (χ0n) is 10.6. The first-order chi connectivity index (χ1) is 7.97. The molecule has 0 aliphatic heterocycles. The van der Waals surface area contributed by atoms with Gasteiger partial charge in [-0.05, 0) is 30.7 Å². The van der Waals surface area contributed by atoms with Gasteiger partial charge in [0.1, 0.15) is 0 Å². The Kier molecular flexibility index (Phi) is 4.96. The van der Waals surface area contributed by atoms with Crippen LogP contribution < -0.4 is 9.62 Å². The van der Waals surface area contributed by atoms with Gasteiger partial charge < -0.3 is 4.90 Å². The van der Waals surface area contributed by atoms with E-state index in [-0.39, 0.29) is 0 Å². The van der Waals surface area contributed by atoms with E-state index in [0.717, 1.165) is 18.5 Å². The smallest absolute Gasteiger partial charge is 0.240 e. The lowest BCUT2D eigenvalue weighted by atomic mass is 10.3. The third-order valence-electron chi connectivity index (χ3n) is 2.49. The van der Waals surface area contributed by atoms with Crippen molar-refractivity contribution in [3.05, 3.63) is 24.3 Å². The van der Waals surface area contributed by atoms with Crippen LogP contribution in [0.2, 0.25) is 0 Å². The molecule has 1 aromatic rings. The van der Waals surface area contributed by atoms with Crippen LogP contribution in [0.3, 0.4) is 0 Å². The molecule has 1 aromatic carbocycles. The normalized spacial score (nSPS) is 11.5. The molecule has 0 saturated heterocycles. The van der Waals surface area contributed by atoms with Crippen LogP contribution in [-0.4, -0.2) is 29.1 Å². The highest BCUT2D eigenvalue weighted by Gasteiger charge is 2.12. The summed E-state index contributed by atoms with van der Waals surface area (Å²) in [4.78, 5) is 2.25. The Labute approximate surface area is 104 Å². The summed E-state index contributed by atoms with van der Waals surface area (Å²) in [6.07, 6.45) is 1.83. The number of sulfonamides is 1. The molecule has 0 heterocycles. The largest absolute Gasteiger partial charge is 0.378 e. The van der Waals surface area contributed by atoms with Crippen LogP contribution >= 0.6 is 0 Å². The standard InChI is InChI=1S/C12H20N2O2S/c1-4-5-10-13-17(15,16)12-8-6-11(7-9-12)14(2)3/h6-9,13H,4-5,10H2,1-3H3. The van der Waals surface area contributed by atoms with E-state index in [1.165, 1.54) is 0 Å². The molecular formula is C12H20N2O2S. The molecule has 1 rings (SSSR count). The quantitative estimate of drug-likeness (QED) is 0.790. The molecule has 0 bridgehead atoms. The minimum absolute atomic E-state index is 0.319. The summed E-state index contributed by atoms with van der Waals surface area (Å²) in [7, 11) is 0.496. The van der Waals surface area contributed by atoms with E-state index >= 15 is 0 Å². The van der Waals surface area contributed by atoms with Crippen molar-refractivity contribution in [2.45, 2.75) is 24.7 Å². The zero-order chi connectivity index (χ0) is 12.9. The maximum absolute atomic E-state index is 11.9. The predicted molar refractivity (Wildman–Crippen MR) is 70.9 cm³/mol. The van der Waals surface area contributed by atoms with Crippen LogP contribution in [0.1, 0.15) is 19.8 Å². The van der Waals surface area contributed by atoms with E-state index in [0.29, 0.717) is 11.4 Å². The van der Waals surface area contributed by atoms with Gasteiger partial charge in [0.25, 0.3) is 0 Å². The molecule has 0 spiro atoms. The fourth-order valence-corrected chi connectivity index (χ4v) is 2.46. The molecule has 0 atom stereocenters. The summed E-state index contributed by atoms with van der Waals surface area (Å²) in [5.74, 6) is 0. The van der Waals surface area contributed by atoms with Gasteiger partial charge in [-0.2, -0.15) is 0 Å². The predicted octanol–water partition coefficient (Wildman–Crippen LogP) is 1.83. The van der Waals surface area contributed by atoms with Crippen molar-refractivity contribution in [1.29, 1.82) is 0 Å². The third-order valence-corrected chi connectivity index (χ3v) is 3.96. The zero-order valence-corrected chi connectivity index (χ0v) is 11.4. The average molecular weight is 256 g/mol. The van der Waals surface area contributed by atoms with E-state index in [4.69, 9.17) is 0 Å². The first-order valence-electron chi connectivity index (χ1n) is 5.74. The Bertz CT molecular complexity index is 438. The SMILES string of the molecule is CCCCNS(=O)(=O)c1ccc(N(C)C)cc1. The van der Waals surface area contributed by atoms with Gasteiger partial charge >= 0.3 is 0 Å². The first-order valence-corrected chi connectivity index (χ1v) is 7.22. The molecule has 0 aromatic heterocycles. The molecule has 4 nitrogen and oxygen atoms in total. The van der Waals surface area contributed by atoms with Crippen molar-refractivity contribution in [1.82, 2.24) is 4.72 Å². The van der Waals surface area contributed by atoms with Gasteiger partial charge in [-0.1, -0.05) is 13.3 Å². The van der Waals surface area contributed by atoms with Crippen LogP contribution in [0.4, 0.5) is 5.69 Å². The number of nitrogens with zero attached hydrogens (tertiary/aromatic N) is 1. The summed E-state index contributed by atoms with van der Waals surface area (Å²) in [5.41, 5.74) is 0.984. The lowest BCUT2D eigenvalue weighted by molar-refractivity contribution is 0.578. The molecule has 17 heavy (non-hydrogen) atoms. The van der Waals surface area contributed by atoms with Crippen molar-refractivity contribution >= 4 is 15.7 Å². The third kappa shape index (κ3) is 4.02. The van der Waals surface area contributed by atoms with Crippen LogP contribution in [0.5, 0.6) is 0 Å². The second kappa shape index (κ2) is 6.02. The van der Waals surface area contributed by atoms with Crippen molar-refractivity contribution in [2.24, 2.45) is 0 Å². The second-order valence-electron chi connectivity index (χ2n) is 4.14. The number of rotatable bonds is 6. The maximum atomic E-state index is 11.9. The lowest BCUT2D eigenvalue weighted by Crippen LogP contribution is -2.24. The molecule has 96 valence electrons. The van der Waals surface area contributed by atoms with Gasteiger partial charge in [0.05, 0.1) is 4.90 Å². The van der Waals surface area contributed by atoms with Gasteiger partial charge in [-0.15, -0.1) is 0 Å². The fourth-order valence-electron chi connectivity index (χ4n) is 1.39. The van der Waals surface area contributed by atoms with Crippen LogP contribution in [0.25, 0.3) is 0 Å². The summed E-state index contributed by atoms with van der Waals surface area (Å²) in [6, 6.07) is 6.86. The Morgan fingerprint density at radius 1 is 1.18 bits per heavy atom. The van der Waals surface area contributed by atoms with Crippen molar-refractivity contribution in [3.63, 3.8) is 0 Å². The van der Waals surface area contributed by atoms with Crippen molar-refractivity contribution in [3.8, 4) is 0 Å². The van der Waals surface area contributed by atoms with Gasteiger partial charge in [0.2, 0.25) is 10.0 Å². The van der Waals surface area contributed by atoms with E-state index in [2.05, 4.69) is 4.72 Å². The van der Waals surface area contributed by atoms with E-state index in [1.54, 1.807) is 24.3 Å². The Morgan fingerprint density at radius 3 is 2.24 bits per heavy atom. The number of hydrogen-bond acceptors (Lipinski definition) is 3. The summed E-state index contributed by atoms with van der Waals surface area (Å²) >= 11 is 0. The van der Waals surface area contributed by atoms with E-state index in [9.17, 15) is 8.42 Å². The summed E-state index contributed by atoms with van der Waals surface area (Å²) < 4.78 is 26.3. The number of nitrogens with one attached hydrogen (secondary N) is 1. The van der Waals surface area contributed by atoms with Gasteiger partial charge in [0, 0.05) is 26.3 Å². The van der Waals surface area contributed by atoms with E-state index in [1.807, 2.05) is 25.9 Å². The monoisotopic (exact) mass is 256 g/mol. The van der Waals surface area contributed by atoms with Crippen LogP contribution in [-0.2, 0) is 10.0 Å². The highest BCUT2D eigenvalue weighted by molar-refractivity contribution is 7.89. The molecule has 0 amide bonds.